The van der Waals surface area contributed by atoms with E-state index in [0.29, 0.717) is 50.6 Å². The Balaban J connectivity index is 1.38. The van der Waals surface area contributed by atoms with Crippen LogP contribution < -0.4 is 0 Å². The van der Waals surface area contributed by atoms with E-state index < -0.39 is 0 Å². The molecule has 2 aliphatic rings. The third kappa shape index (κ3) is 5.90. The first-order valence-corrected chi connectivity index (χ1v) is 14.7. The summed E-state index contributed by atoms with van der Waals surface area (Å²) >= 11 is 7.82. The van der Waals surface area contributed by atoms with Gasteiger partial charge in [0.2, 0.25) is 0 Å². The third-order valence-corrected chi connectivity index (χ3v) is 8.52. The van der Waals surface area contributed by atoms with Crippen LogP contribution in [0.1, 0.15) is 27.2 Å². The molecule has 0 aliphatic carbocycles. The predicted octanol–water partition coefficient (Wildman–Crippen LogP) is 3.53. The minimum absolute atomic E-state index is 0.0280. The van der Waals surface area contributed by atoms with E-state index in [1.54, 1.807) is 11.8 Å². The van der Waals surface area contributed by atoms with E-state index in [2.05, 4.69) is 9.80 Å². The molecule has 0 unspecified atom stereocenters. The van der Waals surface area contributed by atoms with Gasteiger partial charge in [-0.25, -0.2) is 0 Å². The number of amides is 1. The lowest BCUT2D eigenvalue weighted by atomic mass is 9.94. The van der Waals surface area contributed by atoms with Gasteiger partial charge < -0.3 is 10.0 Å². The fourth-order valence-electron chi connectivity index (χ4n) is 5.50. The summed E-state index contributed by atoms with van der Waals surface area (Å²) in [7, 11) is 0. The lowest BCUT2D eigenvalue weighted by Crippen LogP contribution is -2.49. The van der Waals surface area contributed by atoms with Gasteiger partial charge in [-0.2, -0.15) is 0 Å². The van der Waals surface area contributed by atoms with Crippen molar-refractivity contribution in [2.24, 2.45) is 0 Å². The normalized spacial score (nSPS) is 16.6. The Morgan fingerprint density at radius 2 is 1.84 bits per heavy atom. The molecule has 1 fully saturated rings. The SMILES string of the molecule is CSc1ccc(Cl)cc1CC(=O)CN1CCc2nc3ccccc3c(C(=O)N3CCN(CCO)CC3)c2C1. The maximum Gasteiger partial charge on any atom is 0.255 e. The van der Waals surface area contributed by atoms with Gasteiger partial charge >= 0.3 is 0 Å². The largest absolute Gasteiger partial charge is 0.395 e. The standard InChI is InChI=1S/C29H33ClN4O3S/c1-38-27-7-6-21(30)16-20(27)17-22(36)18-33-9-8-26-24(19-33)28(23-4-2-3-5-25(23)31-26)29(37)34-12-10-32(11-13-34)14-15-35/h2-7,16,35H,8-15,17-19H2,1H3. The Hall–Kier alpha value is -2.49. The van der Waals surface area contributed by atoms with E-state index in [-0.39, 0.29) is 18.3 Å². The predicted molar refractivity (Wildman–Crippen MR) is 152 cm³/mol. The number of carbonyl (C=O) groups is 2. The van der Waals surface area contributed by atoms with Crippen molar-refractivity contribution in [2.75, 3.05) is 58.7 Å². The lowest BCUT2D eigenvalue weighted by Gasteiger charge is -2.36. The van der Waals surface area contributed by atoms with E-state index in [0.717, 1.165) is 57.8 Å². The summed E-state index contributed by atoms with van der Waals surface area (Å²) in [4.78, 5) is 39.3. The molecule has 9 heteroatoms. The second kappa shape index (κ2) is 12.1. The van der Waals surface area contributed by atoms with E-state index >= 15 is 0 Å². The number of piperazine rings is 1. The van der Waals surface area contributed by atoms with Crippen LogP contribution in [0, 0.1) is 0 Å². The van der Waals surface area contributed by atoms with Crippen LogP contribution in [-0.2, 0) is 24.2 Å². The number of ketones is 1. The summed E-state index contributed by atoms with van der Waals surface area (Å²) in [5.74, 6) is 0.160. The molecule has 7 nitrogen and oxygen atoms in total. The van der Waals surface area contributed by atoms with Gasteiger partial charge in [0.1, 0.15) is 0 Å². The monoisotopic (exact) mass is 552 g/mol. The molecule has 1 saturated heterocycles. The van der Waals surface area contributed by atoms with Crippen molar-refractivity contribution >= 4 is 46.0 Å². The number of nitrogens with zero attached hydrogens (tertiary/aromatic N) is 4. The number of aliphatic hydroxyl groups excluding tert-OH is 1. The number of thioether (sulfide) groups is 1. The van der Waals surface area contributed by atoms with Crippen LogP contribution in [0.25, 0.3) is 10.9 Å². The minimum atomic E-state index is 0.0280. The molecule has 3 heterocycles. The van der Waals surface area contributed by atoms with E-state index in [4.69, 9.17) is 16.6 Å². The van der Waals surface area contributed by atoms with Crippen molar-refractivity contribution in [3.63, 3.8) is 0 Å². The number of halogens is 1. The van der Waals surface area contributed by atoms with Crippen LogP contribution in [0.2, 0.25) is 5.02 Å². The first-order valence-electron chi connectivity index (χ1n) is 13.1. The summed E-state index contributed by atoms with van der Waals surface area (Å²) in [5.41, 5.74) is 4.41. The Bertz CT molecular complexity index is 1340. The van der Waals surface area contributed by atoms with Gasteiger partial charge in [0.05, 0.1) is 24.2 Å². The quantitative estimate of drug-likeness (QED) is 0.428. The van der Waals surface area contributed by atoms with Crippen molar-refractivity contribution in [1.82, 2.24) is 19.7 Å². The fourth-order valence-corrected chi connectivity index (χ4v) is 6.29. The Morgan fingerprint density at radius 1 is 1.05 bits per heavy atom. The van der Waals surface area contributed by atoms with Crippen molar-refractivity contribution in [3.05, 3.63) is 69.9 Å². The molecule has 0 saturated carbocycles. The van der Waals surface area contributed by atoms with E-state index in [1.807, 2.05) is 53.6 Å². The Kier molecular flexibility index (Phi) is 8.65. The summed E-state index contributed by atoms with van der Waals surface area (Å²) < 4.78 is 0. The minimum Gasteiger partial charge on any atom is -0.395 e. The first-order chi connectivity index (χ1) is 18.5. The maximum atomic E-state index is 14.0. The van der Waals surface area contributed by atoms with Crippen LogP contribution >= 0.6 is 23.4 Å². The number of para-hydroxylation sites is 1. The van der Waals surface area contributed by atoms with Crippen molar-refractivity contribution in [1.29, 1.82) is 0 Å². The summed E-state index contributed by atoms with van der Waals surface area (Å²) in [6.07, 6.45) is 3.03. The van der Waals surface area contributed by atoms with Gasteiger partial charge in [-0.3, -0.25) is 24.4 Å². The number of β-amino-alcohol motifs (C(OH)–C–C–N with tert-alkyl or cyclic N) is 1. The lowest BCUT2D eigenvalue weighted by molar-refractivity contribution is -0.119. The third-order valence-electron chi connectivity index (χ3n) is 7.45. The van der Waals surface area contributed by atoms with Gasteiger partial charge in [-0.15, -0.1) is 11.8 Å². The zero-order valence-corrected chi connectivity index (χ0v) is 23.2. The highest BCUT2D eigenvalue weighted by atomic mass is 35.5. The molecule has 38 heavy (non-hydrogen) atoms. The number of fused-ring (bicyclic) bond motifs is 2. The molecule has 0 bridgehead atoms. The van der Waals surface area contributed by atoms with Crippen molar-refractivity contribution in [2.45, 2.75) is 24.3 Å². The Labute approximate surface area is 232 Å². The smallest absolute Gasteiger partial charge is 0.255 e. The second-order valence-electron chi connectivity index (χ2n) is 9.92. The number of hydrogen-bond acceptors (Lipinski definition) is 7. The molecular weight excluding hydrogens is 520 g/mol. The van der Waals surface area contributed by atoms with Gasteiger partial charge in [0.15, 0.2) is 5.78 Å². The number of pyridine rings is 1. The second-order valence-corrected chi connectivity index (χ2v) is 11.2. The molecule has 0 radical (unpaired) electrons. The molecule has 200 valence electrons. The summed E-state index contributed by atoms with van der Waals surface area (Å²) in [6.45, 7) is 5.08. The van der Waals surface area contributed by atoms with Crippen LogP contribution in [0.3, 0.4) is 0 Å². The van der Waals surface area contributed by atoms with Crippen LogP contribution in [0.5, 0.6) is 0 Å². The highest BCUT2D eigenvalue weighted by Crippen LogP contribution is 2.30. The molecule has 5 rings (SSSR count). The fraction of sp³-hybridized carbons (Fsp3) is 0.414. The number of aliphatic hydroxyl groups is 1. The summed E-state index contributed by atoms with van der Waals surface area (Å²) in [5, 5.41) is 10.8. The number of Topliss-reactive ketones (excluding diaryl/α,β-unsaturated/α-hetero) is 1. The highest BCUT2D eigenvalue weighted by molar-refractivity contribution is 7.98. The number of benzene rings is 2. The van der Waals surface area contributed by atoms with Crippen LogP contribution in [-0.4, -0.2) is 95.2 Å². The molecule has 0 spiro atoms. The van der Waals surface area contributed by atoms with Crippen LogP contribution in [0.4, 0.5) is 0 Å². The zero-order chi connectivity index (χ0) is 26.6. The van der Waals surface area contributed by atoms with Crippen LogP contribution in [0.15, 0.2) is 47.4 Å². The van der Waals surface area contributed by atoms with Crippen molar-refractivity contribution < 1.29 is 14.7 Å². The molecule has 0 atom stereocenters. The average Bonchev–Trinajstić information content (AvgIpc) is 2.92. The number of carbonyl (C=O) groups excluding carboxylic acids is 2. The zero-order valence-electron chi connectivity index (χ0n) is 21.7. The molecule has 3 aromatic rings. The number of rotatable bonds is 8. The molecule has 1 aromatic heterocycles. The average molecular weight is 553 g/mol. The number of hydrogen-bond donors (Lipinski definition) is 1. The maximum absolute atomic E-state index is 14.0. The topological polar surface area (TPSA) is 77.0 Å². The number of aromatic nitrogens is 1. The molecular formula is C29H33ClN4O3S. The van der Waals surface area contributed by atoms with Crippen molar-refractivity contribution in [3.8, 4) is 0 Å². The first kappa shape index (κ1) is 27.1. The van der Waals surface area contributed by atoms with Gasteiger partial charge in [-0.1, -0.05) is 29.8 Å². The highest BCUT2D eigenvalue weighted by Gasteiger charge is 2.30. The van der Waals surface area contributed by atoms with E-state index in [1.165, 1.54) is 0 Å². The molecule has 1 N–H and O–H groups in total. The Morgan fingerprint density at radius 3 is 2.61 bits per heavy atom. The van der Waals surface area contributed by atoms with Gasteiger partial charge in [0.25, 0.3) is 5.91 Å². The molecule has 1 amide bonds. The molecule has 2 aliphatic heterocycles. The molecule has 2 aromatic carbocycles. The van der Waals surface area contributed by atoms with Gasteiger partial charge in [-0.05, 0) is 36.1 Å². The van der Waals surface area contributed by atoms with Gasteiger partial charge in [0, 0.05) is 85.2 Å². The van der Waals surface area contributed by atoms with E-state index in [9.17, 15) is 14.7 Å². The summed E-state index contributed by atoms with van der Waals surface area (Å²) in [6, 6.07) is 13.5.